The molecule has 2 aliphatic heterocycles. The van der Waals surface area contributed by atoms with Gasteiger partial charge in [-0.05, 0) is 87.2 Å². The number of hydrogen-bond donors (Lipinski definition) is 1. The van der Waals surface area contributed by atoms with Crippen LogP contribution in [0, 0.1) is 0 Å². The second-order valence-corrected chi connectivity index (χ2v) is 11.7. The summed E-state index contributed by atoms with van der Waals surface area (Å²) in [5.41, 5.74) is 3.38. The van der Waals surface area contributed by atoms with Gasteiger partial charge in [-0.25, -0.2) is 0 Å². The van der Waals surface area contributed by atoms with Crippen LogP contribution >= 0.6 is 39.3 Å². The number of methoxy groups -OCH3 is 1. The quantitative estimate of drug-likeness (QED) is 0.305. The van der Waals surface area contributed by atoms with Crippen molar-refractivity contribution in [1.29, 1.82) is 0 Å². The number of carbonyl (C=O) groups excluding carboxylic acids is 4. The number of imide groups is 1. The number of hydrogen-bond acceptors (Lipinski definition) is 7. The van der Waals surface area contributed by atoms with Crippen molar-refractivity contribution >= 4 is 74.0 Å². The summed E-state index contributed by atoms with van der Waals surface area (Å²) in [5, 5.41) is 2.67. The van der Waals surface area contributed by atoms with Crippen molar-refractivity contribution in [2.24, 2.45) is 0 Å². The van der Waals surface area contributed by atoms with Crippen LogP contribution in [0.4, 0.5) is 10.5 Å². The zero-order valence-corrected chi connectivity index (χ0v) is 25.6. The van der Waals surface area contributed by atoms with E-state index < -0.39 is 17.1 Å². The maximum Gasteiger partial charge on any atom is 0.294 e. The predicted octanol–water partition coefficient (Wildman–Crippen LogP) is 5.75. The minimum Gasteiger partial charge on any atom is -0.493 e. The molecule has 1 fully saturated rings. The molecule has 0 aliphatic carbocycles. The smallest absolute Gasteiger partial charge is 0.294 e. The molecule has 0 radical (unpaired) electrons. The van der Waals surface area contributed by atoms with Gasteiger partial charge in [0.25, 0.3) is 17.1 Å². The topological polar surface area (TPSA) is 105 Å². The van der Waals surface area contributed by atoms with Gasteiger partial charge in [-0.1, -0.05) is 41.9 Å². The van der Waals surface area contributed by atoms with Crippen molar-refractivity contribution in [3.8, 4) is 11.5 Å². The number of rotatable bonds is 8. The van der Waals surface area contributed by atoms with E-state index >= 15 is 0 Å². The molecule has 1 N–H and O–H groups in total. The fourth-order valence-electron chi connectivity index (χ4n) is 4.54. The standard InChI is InChI=1S/C30H25BrClN3O6S/c1-40-25-12-18(6-9-24(25)41-17-27(36)33-21-7-8-22(31)23(32)14-21)13-26-29(38)35(30(39)42-26)16-28(37)34-11-10-19-4-2-3-5-20(19)15-34/h2-9,12-14H,10-11,15-17H2,1H3,(H,33,36)/b26-13+. The van der Waals surface area contributed by atoms with E-state index in [4.69, 9.17) is 21.1 Å². The van der Waals surface area contributed by atoms with Gasteiger partial charge < -0.3 is 19.7 Å². The predicted molar refractivity (Wildman–Crippen MR) is 165 cm³/mol. The summed E-state index contributed by atoms with van der Waals surface area (Å²) < 4.78 is 11.8. The number of halogens is 2. The number of benzene rings is 3. The second-order valence-electron chi connectivity index (χ2n) is 9.48. The van der Waals surface area contributed by atoms with E-state index in [1.807, 2.05) is 24.3 Å². The Morgan fingerprint density at radius 3 is 2.62 bits per heavy atom. The van der Waals surface area contributed by atoms with Gasteiger partial charge in [0.15, 0.2) is 18.1 Å². The normalized spacial score (nSPS) is 15.5. The Morgan fingerprint density at radius 2 is 1.86 bits per heavy atom. The average molecular weight is 671 g/mol. The van der Waals surface area contributed by atoms with Gasteiger partial charge in [-0.15, -0.1) is 0 Å². The molecule has 3 aromatic carbocycles. The summed E-state index contributed by atoms with van der Waals surface area (Å²) in [5.74, 6) is -0.539. The molecular formula is C30H25BrClN3O6S. The Labute approximate surface area is 259 Å². The molecule has 1 saturated heterocycles. The SMILES string of the molecule is COc1cc(/C=C2/SC(=O)N(CC(=O)N3CCc4ccccc4C3)C2=O)ccc1OCC(=O)Nc1ccc(Br)c(Cl)c1. The molecule has 42 heavy (non-hydrogen) atoms. The molecule has 0 aromatic heterocycles. The minimum absolute atomic E-state index is 0.194. The van der Waals surface area contributed by atoms with E-state index in [2.05, 4.69) is 21.2 Å². The van der Waals surface area contributed by atoms with E-state index in [-0.39, 0.29) is 24.0 Å². The summed E-state index contributed by atoms with van der Waals surface area (Å²) >= 11 is 10.1. The van der Waals surface area contributed by atoms with Crippen LogP contribution < -0.4 is 14.8 Å². The second kappa shape index (κ2) is 13.0. The average Bonchev–Trinajstić information content (AvgIpc) is 3.25. The summed E-state index contributed by atoms with van der Waals surface area (Å²) in [7, 11) is 1.45. The van der Waals surface area contributed by atoms with E-state index in [1.54, 1.807) is 47.4 Å². The third kappa shape index (κ3) is 6.80. The third-order valence-electron chi connectivity index (χ3n) is 6.70. The summed E-state index contributed by atoms with van der Waals surface area (Å²) in [6.07, 6.45) is 2.29. The van der Waals surface area contributed by atoms with Crippen molar-refractivity contribution in [2.75, 3.05) is 32.1 Å². The minimum atomic E-state index is -0.528. The zero-order valence-electron chi connectivity index (χ0n) is 22.4. The van der Waals surface area contributed by atoms with Crippen molar-refractivity contribution in [2.45, 2.75) is 13.0 Å². The number of nitrogens with zero attached hydrogens (tertiary/aromatic N) is 2. The van der Waals surface area contributed by atoms with Gasteiger partial charge in [0.1, 0.15) is 6.54 Å². The summed E-state index contributed by atoms with van der Waals surface area (Å²) in [6, 6.07) is 17.9. The molecule has 216 valence electrons. The van der Waals surface area contributed by atoms with Crippen molar-refractivity contribution in [3.63, 3.8) is 0 Å². The molecule has 0 bridgehead atoms. The molecule has 2 heterocycles. The van der Waals surface area contributed by atoms with Gasteiger partial charge in [0, 0.05) is 23.2 Å². The van der Waals surface area contributed by atoms with Crippen molar-refractivity contribution in [1.82, 2.24) is 9.80 Å². The fraction of sp³-hybridized carbons (Fsp3) is 0.200. The van der Waals surface area contributed by atoms with Crippen LogP contribution in [0.3, 0.4) is 0 Å². The molecule has 12 heteroatoms. The molecule has 9 nitrogen and oxygen atoms in total. The maximum atomic E-state index is 13.1. The highest BCUT2D eigenvalue weighted by molar-refractivity contribution is 9.10. The Bertz CT molecular complexity index is 1610. The van der Waals surface area contributed by atoms with Crippen molar-refractivity contribution in [3.05, 3.63) is 91.8 Å². The van der Waals surface area contributed by atoms with Crippen LogP contribution in [-0.4, -0.2) is 59.6 Å². The number of anilines is 1. The van der Waals surface area contributed by atoms with Gasteiger partial charge >= 0.3 is 0 Å². The van der Waals surface area contributed by atoms with Crippen LogP contribution in [0.5, 0.6) is 11.5 Å². The van der Waals surface area contributed by atoms with Crippen LogP contribution in [0.2, 0.25) is 5.02 Å². The number of ether oxygens (including phenoxy) is 2. The van der Waals surface area contributed by atoms with Crippen molar-refractivity contribution < 1.29 is 28.7 Å². The van der Waals surface area contributed by atoms with E-state index in [0.29, 0.717) is 45.3 Å². The Kier molecular flexibility index (Phi) is 9.20. The summed E-state index contributed by atoms with van der Waals surface area (Å²) in [6.45, 7) is 0.402. The highest BCUT2D eigenvalue weighted by Gasteiger charge is 2.37. The largest absolute Gasteiger partial charge is 0.493 e. The monoisotopic (exact) mass is 669 g/mol. The lowest BCUT2D eigenvalue weighted by Crippen LogP contribution is -2.44. The van der Waals surface area contributed by atoms with Gasteiger partial charge in [0.05, 0.1) is 17.0 Å². The molecule has 2 aliphatic rings. The van der Waals surface area contributed by atoms with E-state index in [9.17, 15) is 19.2 Å². The summed E-state index contributed by atoms with van der Waals surface area (Å²) in [4.78, 5) is 53.9. The number of nitrogens with one attached hydrogen (secondary N) is 1. The Hall–Kier alpha value is -3.80. The molecule has 3 aromatic rings. The number of carbonyl (C=O) groups is 4. The Morgan fingerprint density at radius 1 is 1.07 bits per heavy atom. The van der Waals surface area contributed by atoms with Crippen LogP contribution in [0.15, 0.2) is 70.0 Å². The highest BCUT2D eigenvalue weighted by atomic mass is 79.9. The molecule has 0 atom stereocenters. The van der Waals surface area contributed by atoms with Crippen LogP contribution in [0.1, 0.15) is 16.7 Å². The number of fused-ring (bicyclic) bond motifs is 1. The lowest BCUT2D eigenvalue weighted by molar-refractivity contribution is -0.136. The Balaban J connectivity index is 1.20. The lowest BCUT2D eigenvalue weighted by atomic mass is 10.00. The van der Waals surface area contributed by atoms with E-state index in [0.717, 1.165) is 28.6 Å². The number of amides is 4. The van der Waals surface area contributed by atoms with Crippen LogP contribution in [-0.2, 0) is 27.3 Å². The van der Waals surface area contributed by atoms with Gasteiger partial charge in [-0.3, -0.25) is 24.1 Å². The first-order valence-corrected chi connectivity index (χ1v) is 14.9. The van der Waals surface area contributed by atoms with Gasteiger partial charge in [-0.2, -0.15) is 0 Å². The third-order valence-corrected chi connectivity index (χ3v) is 8.84. The van der Waals surface area contributed by atoms with E-state index in [1.165, 1.54) is 12.7 Å². The first kappa shape index (κ1) is 29.7. The molecule has 0 saturated carbocycles. The zero-order chi connectivity index (χ0) is 29.8. The first-order chi connectivity index (χ1) is 20.2. The number of thioether (sulfide) groups is 1. The van der Waals surface area contributed by atoms with Crippen LogP contribution in [0.25, 0.3) is 6.08 Å². The molecule has 0 unspecified atom stereocenters. The van der Waals surface area contributed by atoms with Gasteiger partial charge in [0.2, 0.25) is 5.91 Å². The molecule has 4 amide bonds. The fourth-order valence-corrected chi connectivity index (χ4v) is 5.80. The first-order valence-electron chi connectivity index (χ1n) is 12.9. The molecular weight excluding hydrogens is 646 g/mol. The highest BCUT2D eigenvalue weighted by Crippen LogP contribution is 2.35. The lowest BCUT2D eigenvalue weighted by Gasteiger charge is -2.29. The molecule has 5 rings (SSSR count). The molecule has 0 spiro atoms. The maximum absolute atomic E-state index is 13.1.